The normalized spacial score (nSPS) is 12.6. The molecule has 16 heavy (non-hydrogen) atoms. The van der Waals surface area contributed by atoms with E-state index in [4.69, 9.17) is 20.9 Å². The zero-order valence-corrected chi connectivity index (χ0v) is 9.91. The Morgan fingerprint density at radius 2 is 2.12 bits per heavy atom. The number of primary amides is 1. The van der Waals surface area contributed by atoms with Gasteiger partial charge < -0.3 is 20.9 Å². The monoisotopic (exact) mass is 233 g/mol. The predicted molar refractivity (Wildman–Crippen MR) is 61.7 cm³/mol. The van der Waals surface area contributed by atoms with E-state index in [0.29, 0.717) is 26.4 Å². The third-order valence-corrected chi connectivity index (χ3v) is 2.08. The van der Waals surface area contributed by atoms with Crippen molar-refractivity contribution in [3.05, 3.63) is 0 Å². The molecule has 0 heterocycles. The van der Waals surface area contributed by atoms with E-state index in [2.05, 4.69) is 5.32 Å². The molecule has 6 nitrogen and oxygen atoms in total. The number of nitrogens with two attached hydrogens (primary N) is 2. The Morgan fingerprint density at radius 3 is 2.75 bits per heavy atom. The minimum absolute atomic E-state index is 0.448. The van der Waals surface area contributed by atoms with Crippen molar-refractivity contribution in [2.24, 2.45) is 11.5 Å². The number of methoxy groups -OCH3 is 1. The zero-order chi connectivity index (χ0) is 12.2. The molecule has 1 amide bonds. The lowest BCUT2D eigenvalue weighted by atomic mass is 10.1. The van der Waals surface area contributed by atoms with Crippen molar-refractivity contribution in [3.8, 4) is 0 Å². The van der Waals surface area contributed by atoms with Gasteiger partial charge >= 0.3 is 0 Å². The number of ether oxygens (including phenoxy) is 2. The fourth-order valence-corrected chi connectivity index (χ4v) is 1.11. The van der Waals surface area contributed by atoms with Crippen LogP contribution in [0.5, 0.6) is 0 Å². The van der Waals surface area contributed by atoms with Crippen LogP contribution in [0.2, 0.25) is 0 Å². The van der Waals surface area contributed by atoms with Gasteiger partial charge in [0.25, 0.3) is 0 Å². The van der Waals surface area contributed by atoms with Crippen LogP contribution in [-0.4, -0.2) is 45.5 Å². The Hall–Kier alpha value is -0.690. The molecule has 0 saturated heterocycles. The molecule has 0 aromatic rings. The van der Waals surface area contributed by atoms with E-state index in [-0.39, 0.29) is 0 Å². The van der Waals surface area contributed by atoms with Crippen molar-refractivity contribution in [1.29, 1.82) is 0 Å². The molecule has 0 aliphatic heterocycles. The van der Waals surface area contributed by atoms with Crippen LogP contribution in [-0.2, 0) is 14.3 Å². The Morgan fingerprint density at radius 1 is 1.38 bits per heavy atom. The van der Waals surface area contributed by atoms with Crippen LogP contribution in [0.15, 0.2) is 0 Å². The highest BCUT2D eigenvalue weighted by Crippen LogP contribution is 1.91. The van der Waals surface area contributed by atoms with Gasteiger partial charge in [-0.15, -0.1) is 0 Å². The molecule has 0 radical (unpaired) electrons. The zero-order valence-electron chi connectivity index (χ0n) is 9.91. The first-order valence-electron chi connectivity index (χ1n) is 5.50. The SMILES string of the molecule is COCCCOCNCCCC(N)C(N)=O. The summed E-state index contributed by atoms with van der Waals surface area (Å²) in [6.07, 6.45) is 2.31. The van der Waals surface area contributed by atoms with Crippen LogP contribution in [0.25, 0.3) is 0 Å². The van der Waals surface area contributed by atoms with Gasteiger partial charge in [0.05, 0.1) is 19.4 Å². The summed E-state index contributed by atoms with van der Waals surface area (Å²) in [5, 5.41) is 3.09. The summed E-state index contributed by atoms with van der Waals surface area (Å²) in [7, 11) is 1.67. The number of carbonyl (C=O) groups excluding carboxylic acids is 1. The molecular formula is C10H23N3O3. The van der Waals surface area contributed by atoms with Gasteiger partial charge in [-0.3, -0.25) is 10.1 Å². The molecule has 96 valence electrons. The second-order valence-electron chi connectivity index (χ2n) is 3.55. The van der Waals surface area contributed by atoms with E-state index in [0.717, 1.165) is 19.4 Å². The lowest BCUT2D eigenvalue weighted by Crippen LogP contribution is -2.36. The fourth-order valence-electron chi connectivity index (χ4n) is 1.11. The van der Waals surface area contributed by atoms with Crippen molar-refractivity contribution in [2.45, 2.75) is 25.3 Å². The summed E-state index contributed by atoms with van der Waals surface area (Å²) in [5.74, 6) is -0.448. The van der Waals surface area contributed by atoms with Gasteiger partial charge in [0.15, 0.2) is 0 Å². The molecule has 0 aliphatic carbocycles. The molecule has 0 aromatic carbocycles. The van der Waals surface area contributed by atoms with Crippen LogP contribution in [0.1, 0.15) is 19.3 Å². The number of hydrogen-bond acceptors (Lipinski definition) is 5. The summed E-state index contributed by atoms with van der Waals surface area (Å²) >= 11 is 0. The summed E-state index contributed by atoms with van der Waals surface area (Å²) in [5.41, 5.74) is 10.5. The Balaban J connectivity index is 3.07. The molecule has 1 unspecified atom stereocenters. The molecular weight excluding hydrogens is 210 g/mol. The maximum Gasteiger partial charge on any atom is 0.234 e. The lowest BCUT2D eigenvalue weighted by Gasteiger charge is -2.08. The second-order valence-corrected chi connectivity index (χ2v) is 3.55. The van der Waals surface area contributed by atoms with E-state index in [1.165, 1.54) is 0 Å². The summed E-state index contributed by atoms with van der Waals surface area (Å²) in [6, 6.07) is -0.538. The van der Waals surface area contributed by atoms with Gasteiger partial charge in [-0.05, 0) is 25.8 Å². The Kier molecular flexibility index (Phi) is 10.3. The summed E-state index contributed by atoms with van der Waals surface area (Å²) in [4.78, 5) is 10.6. The highest BCUT2D eigenvalue weighted by Gasteiger charge is 2.07. The van der Waals surface area contributed by atoms with Crippen LogP contribution in [0, 0.1) is 0 Å². The van der Waals surface area contributed by atoms with E-state index < -0.39 is 11.9 Å². The van der Waals surface area contributed by atoms with Crippen LogP contribution < -0.4 is 16.8 Å². The van der Waals surface area contributed by atoms with E-state index in [1.807, 2.05) is 0 Å². The Labute approximate surface area is 96.6 Å². The molecule has 6 heteroatoms. The number of rotatable bonds is 11. The predicted octanol–water partition coefficient (Wildman–Crippen LogP) is -0.821. The third-order valence-electron chi connectivity index (χ3n) is 2.08. The maximum absolute atomic E-state index is 10.6. The van der Waals surface area contributed by atoms with Crippen molar-refractivity contribution < 1.29 is 14.3 Å². The maximum atomic E-state index is 10.6. The van der Waals surface area contributed by atoms with Crippen molar-refractivity contribution in [3.63, 3.8) is 0 Å². The number of nitrogens with one attached hydrogen (secondary N) is 1. The topological polar surface area (TPSA) is 99.6 Å². The van der Waals surface area contributed by atoms with Crippen molar-refractivity contribution in [2.75, 3.05) is 33.6 Å². The molecule has 0 aromatic heterocycles. The Bertz CT molecular complexity index is 179. The van der Waals surface area contributed by atoms with Gasteiger partial charge in [-0.1, -0.05) is 0 Å². The van der Waals surface area contributed by atoms with Gasteiger partial charge in [0.1, 0.15) is 0 Å². The third kappa shape index (κ3) is 9.85. The standard InChI is InChI=1S/C10H23N3O3/c1-15-6-3-7-16-8-13-5-2-4-9(11)10(12)14/h9,13H,2-8,11H2,1H3,(H2,12,14). The first kappa shape index (κ1) is 15.3. The van der Waals surface area contributed by atoms with E-state index in [1.54, 1.807) is 7.11 Å². The van der Waals surface area contributed by atoms with Crippen LogP contribution in [0.4, 0.5) is 0 Å². The largest absolute Gasteiger partial charge is 0.385 e. The minimum atomic E-state index is -0.538. The summed E-state index contributed by atoms with van der Waals surface area (Å²) in [6.45, 7) is 2.68. The highest BCUT2D eigenvalue weighted by atomic mass is 16.5. The smallest absolute Gasteiger partial charge is 0.234 e. The molecule has 0 fully saturated rings. The van der Waals surface area contributed by atoms with E-state index in [9.17, 15) is 4.79 Å². The number of hydrogen-bond donors (Lipinski definition) is 3. The quantitative estimate of drug-likeness (QED) is 0.320. The number of carbonyl (C=O) groups is 1. The van der Waals surface area contributed by atoms with Gasteiger partial charge in [-0.2, -0.15) is 0 Å². The van der Waals surface area contributed by atoms with Crippen molar-refractivity contribution in [1.82, 2.24) is 5.32 Å². The van der Waals surface area contributed by atoms with Gasteiger partial charge in [0, 0.05) is 13.7 Å². The molecule has 0 aliphatic rings. The number of amides is 1. The van der Waals surface area contributed by atoms with Crippen molar-refractivity contribution >= 4 is 5.91 Å². The molecule has 0 saturated carbocycles. The first-order chi connectivity index (χ1) is 7.68. The molecule has 0 bridgehead atoms. The second kappa shape index (κ2) is 10.8. The fraction of sp³-hybridized carbons (Fsp3) is 0.900. The first-order valence-corrected chi connectivity index (χ1v) is 5.50. The van der Waals surface area contributed by atoms with Crippen LogP contribution >= 0.6 is 0 Å². The molecule has 5 N–H and O–H groups in total. The average molecular weight is 233 g/mol. The van der Waals surface area contributed by atoms with Gasteiger partial charge in [-0.25, -0.2) is 0 Å². The highest BCUT2D eigenvalue weighted by molar-refractivity contribution is 5.79. The lowest BCUT2D eigenvalue weighted by molar-refractivity contribution is -0.119. The molecule has 1 atom stereocenters. The molecule has 0 spiro atoms. The van der Waals surface area contributed by atoms with E-state index >= 15 is 0 Å². The minimum Gasteiger partial charge on any atom is -0.385 e. The van der Waals surface area contributed by atoms with Crippen LogP contribution in [0.3, 0.4) is 0 Å². The van der Waals surface area contributed by atoms with Gasteiger partial charge in [0.2, 0.25) is 5.91 Å². The average Bonchev–Trinajstić information content (AvgIpc) is 2.26. The summed E-state index contributed by atoms with van der Waals surface area (Å²) < 4.78 is 10.2. The molecule has 0 rings (SSSR count).